The number of anilines is 1. The molecule has 4 aromatic carbocycles. The molecule has 7 rings (SSSR count). The van der Waals surface area contributed by atoms with Gasteiger partial charge < -0.3 is 4.98 Å². The van der Waals surface area contributed by atoms with Crippen molar-refractivity contribution in [1.82, 2.24) is 14.6 Å². The summed E-state index contributed by atoms with van der Waals surface area (Å²) in [4.78, 5) is 20.7. The monoisotopic (exact) mass is 508 g/mol. The van der Waals surface area contributed by atoms with Gasteiger partial charge in [-0.1, -0.05) is 91.0 Å². The van der Waals surface area contributed by atoms with Gasteiger partial charge in [0.2, 0.25) is 0 Å². The molecule has 0 bridgehead atoms. The lowest BCUT2D eigenvalue weighted by Gasteiger charge is -2.24. The quantitative estimate of drug-likeness (QED) is 0.285. The first-order valence-electron chi connectivity index (χ1n) is 12.8. The molecule has 0 amide bonds. The minimum atomic E-state index is -0.241. The van der Waals surface area contributed by atoms with Crippen molar-refractivity contribution < 1.29 is 0 Å². The Bertz CT molecular complexity index is 1900. The summed E-state index contributed by atoms with van der Waals surface area (Å²) in [6, 6.07) is 36.7. The van der Waals surface area contributed by atoms with Crippen molar-refractivity contribution in [3.63, 3.8) is 0 Å². The van der Waals surface area contributed by atoms with Crippen molar-refractivity contribution in [1.29, 1.82) is 0 Å². The van der Waals surface area contributed by atoms with Crippen LogP contribution in [0.1, 0.15) is 29.2 Å². The second-order valence-corrected chi connectivity index (χ2v) is 9.51. The molecule has 1 atom stereocenters. The Labute approximate surface area is 224 Å². The van der Waals surface area contributed by atoms with E-state index in [-0.39, 0.29) is 11.6 Å². The highest BCUT2D eigenvalue weighted by atomic mass is 16.1. The van der Waals surface area contributed by atoms with E-state index < -0.39 is 0 Å². The van der Waals surface area contributed by atoms with Crippen molar-refractivity contribution in [2.45, 2.75) is 12.5 Å². The van der Waals surface area contributed by atoms with Gasteiger partial charge in [0, 0.05) is 17.3 Å². The molecule has 3 heterocycles. The zero-order chi connectivity index (χ0) is 26.2. The zero-order valence-corrected chi connectivity index (χ0v) is 21.0. The number of benzene rings is 4. The molecule has 1 aliphatic heterocycles. The number of aromatic amines is 1. The van der Waals surface area contributed by atoms with Crippen LogP contribution in [0.15, 0.2) is 131 Å². The Morgan fingerprint density at radius 3 is 2.36 bits per heavy atom. The fraction of sp³-hybridized carbons (Fsp3) is 0.0625. The average molecular weight is 509 g/mol. The van der Waals surface area contributed by atoms with Gasteiger partial charge in [-0.3, -0.25) is 9.80 Å². The van der Waals surface area contributed by atoms with Crippen molar-refractivity contribution in [3.8, 4) is 0 Å². The molecular weight excluding hydrogens is 484 g/mol. The predicted octanol–water partition coefficient (Wildman–Crippen LogP) is 6.12. The molecule has 0 saturated carbocycles. The molecule has 6 aromatic rings. The first kappa shape index (κ1) is 22.9. The fourth-order valence-electron chi connectivity index (χ4n) is 5.11. The molecule has 7 nitrogen and oxygen atoms in total. The summed E-state index contributed by atoms with van der Waals surface area (Å²) in [6.45, 7) is 0. The van der Waals surface area contributed by atoms with Gasteiger partial charge in [-0.05, 0) is 34.9 Å². The molecule has 0 radical (unpaired) electrons. The van der Waals surface area contributed by atoms with Crippen LogP contribution in [0.25, 0.3) is 21.9 Å². The minimum absolute atomic E-state index is 0.105. The molecule has 2 aromatic heterocycles. The number of hydrazone groups is 1. The summed E-state index contributed by atoms with van der Waals surface area (Å²) in [7, 11) is 0. The third kappa shape index (κ3) is 4.20. The van der Waals surface area contributed by atoms with Crippen LogP contribution in [0.4, 0.5) is 5.69 Å². The number of fused-ring (bicyclic) bond motifs is 3. The Morgan fingerprint density at radius 2 is 1.56 bits per heavy atom. The number of hydrogen-bond acceptors (Lipinski definition) is 5. The van der Waals surface area contributed by atoms with Crippen LogP contribution in [0.5, 0.6) is 0 Å². The van der Waals surface area contributed by atoms with Gasteiger partial charge in [-0.15, -0.1) is 0 Å². The van der Waals surface area contributed by atoms with Gasteiger partial charge >= 0.3 is 0 Å². The minimum Gasteiger partial charge on any atom is -0.349 e. The second-order valence-electron chi connectivity index (χ2n) is 9.51. The summed E-state index contributed by atoms with van der Waals surface area (Å²) in [5.41, 5.74) is 7.01. The number of H-pyrrole nitrogens is 1. The van der Waals surface area contributed by atoms with E-state index in [1.807, 2.05) is 72.8 Å². The molecule has 1 N–H and O–H groups in total. The first-order chi connectivity index (χ1) is 19.2. The van der Waals surface area contributed by atoms with Gasteiger partial charge in [0.05, 0.1) is 23.7 Å². The van der Waals surface area contributed by atoms with Gasteiger partial charge in [-0.25, -0.2) is 4.98 Å². The second kappa shape index (κ2) is 9.54. The largest absolute Gasteiger partial charge is 0.349 e. The van der Waals surface area contributed by atoms with E-state index in [0.29, 0.717) is 11.0 Å². The van der Waals surface area contributed by atoms with E-state index in [1.165, 1.54) is 16.6 Å². The molecule has 0 saturated heterocycles. The molecule has 188 valence electrons. The van der Waals surface area contributed by atoms with Crippen LogP contribution in [-0.4, -0.2) is 26.6 Å². The van der Waals surface area contributed by atoms with E-state index in [0.717, 1.165) is 39.8 Å². The van der Waals surface area contributed by atoms with Crippen molar-refractivity contribution in [2.24, 2.45) is 10.2 Å². The summed E-state index contributed by atoms with van der Waals surface area (Å²) in [5.74, 6) is 0. The van der Waals surface area contributed by atoms with E-state index in [4.69, 9.17) is 5.10 Å². The molecule has 39 heavy (non-hydrogen) atoms. The van der Waals surface area contributed by atoms with Crippen molar-refractivity contribution in [3.05, 3.63) is 143 Å². The summed E-state index contributed by atoms with van der Waals surface area (Å²) < 4.78 is 1.26. The van der Waals surface area contributed by atoms with Crippen molar-refractivity contribution in [2.75, 3.05) is 5.01 Å². The lowest BCUT2D eigenvalue weighted by molar-refractivity contribution is 0.709. The van der Waals surface area contributed by atoms with Gasteiger partial charge in [0.15, 0.2) is 0 Å². The molecule has 0 spiro atoms. The van der Waals surface area contributed by atoms with Crippen molar-refractivity contribution >= 4 is 39.5 Å². The number of rotatable bonds is 5. The normalized spacial score (nSPS) is 15.4. The summed E-state index contributed by atoms with van der Waals surface area (Å²) in [5, 5.41) is 12.4. The average Bonchev–Trinajstić information content (AvgIpc) is 3.61. The number of hydrogen-bond donors (Lipinski definition) is 1. The number of nitrogens with one attached hydrogen (secondary N) is 1. The molecule has 1 aliphatic rings. The SMILES string of the molecule is O=c1c2[nH]c3ccccc3c2ncn1/N=C\c1ccc(N2N=C(c3ccccc3)C[C@H]2c2ccccc2)cc1. The third-order valence-corrected chi connectivity index (χ3v) is 7.09. The number of nitrogens with zero attached hydrogens (tertiary/aromatic N) is 5. The van der Waals surface area contributed by atoms with Crippen LogP contribution in [0.2, 0.25) is 0 Å². The fourth-order valence-corrected chi connectivity index (χ4v) is 5.11. The van der Waals surface area contributed by atoms with Crippen LogP contribution in [-0.2, 0) is 0 Å². The first-order valence-corrected chi connectivity index (χ1v) is 12.8. The Balaban J connectivity index is 1.18. The van der Waals surface area contributed by atoms with Crippen LogP contribution < -0.4 is 10.6 Å². The highest BCUT2D eigenvalue weighted by Crippen LogP contribution is 2.36. The van der Waals surface area contributed by atoms with E-state index in [1.54, 1.807) is 6.21 Å². The standard InChI is InChI=1S/C32H24N6O/c39-32-31-30(26-13-7-8-14-27(26)35-31)33-21-37(32)34-20-22-15-17-25(18-16-22)38-29(24-11-5-2-6-12-24)19-28(36-38)23-9-3-1-4-10-23/h1-18,20-21,29,35H,19H2/b34-20-/t29-/m0/s1. The highest BCUT2D eigenvalue weighted by molar-refractivity contribution is 6.04. The molecule has 0 fully saturated rings. The zero-order valence-electron chi connectivity index (χ0n) is 21.0. The van der Waals surface area contributed by atoms with Crippen LogP contribution in [0.3, 0.4) is 0 Å². The van der Waals surface area contributed by atoms with Gasteiger partial charge in [-0.2, -0.15) is 14.9 Å². The predicted molar refractivity (Wildman–Crippen MR) is 157 cm³/mol. The Kier molecular flexibility index (Phi) is 5.59. The molecule has 7 heteroatoms. The summed E-state index contributed by atoms with van der Waals surface area (Å²) >= 11 is 0. The number of para-hydroxylation sites is 1. The van der Waals surface area contributed by atoms with E-state index in [2.05, 4.69) is 56.5 Å². The van der Waals surface area contributed by atoms with E-state index in [9.17, 15) is 4.79 Å². The Morgan fingerprint density at radius 1 is 0.846 bits per heavy atom. The molecule has 0 unspecified atom stereocenters. The lowest BCUT2D eigenvalue weighted by Crippen LogP contribution is -2.18. The van der Waals surface area contributed by atoms with Gasteiger partial charge in [0.25, 0.3) is 5.56 Å². The summed E-state index contributed by atoms with van der Waals surface area (Å²) in [6.07, 6.45) is 3.95. The maximum atomic E-state index is 13.0. The van der Waals surface area contributed by atoms with Crippen LogP contribution >= 0.6 is 0 Å². The Hall–Kier alpha value is -5.30. The van der Waals surface area contributed by atoms with Gasteiger partial charge in [0.1, 0.15) is 17.4 Å². The molecule has 0 aliphatic carbocycles. The highest BCUT2D eigenvalue weighted by Gasteiger charge is 2.29. The smallest absolute Gasteiger partial charge is 0.298 e. The maximum Gasteiger partial charge on any atom is 0.298 e. The maximum absolute atomic E-state index is 13.0. The number of aromatic nitrogens is 3. The van der Waals surface area contributed by atoms with E-state index >= 15 is 0 Å². The van der Waals surface area contributed by atoms with Crippen LogP contribution in [0, 0.1) is 0 Å². The topological polar surface area (TPSA) is 78.6 Å². The molecular formula is C32H24N6O. The lowest BCUT2D eigenvalue weighted by atomic mass is 9.98. The third-order valence-electron chi connectivity index (χ3n) is 7.09.